The molecular formula is C12H11BrClN3O. The van der Waals surface area contributed by atoms with Crippen LogP contribution in [0.15, 0.2) is 22.7 Å². The highest BCUT2D eigenvalue weighted by molar-refractivity contribution is 9.10. The van der Waals surface area contributed by atoms with Gasteiger partial charge in [-0.3, -0.25) is 0 Å². The number of rotatable bonds is 3. The molecule has 0 unspecified atom stereocenters. The average Bonchev–Trinajstić information content (AvgIpc) is 3.12. The van der Waals surface area contributed by atoms with Crippen molar-refractivity contribution in [1.82, 2.24) is 14.8 Å². The summed E-state index contributed by atoms with van der Waals surface area (Å²) in [5, 5.41) is 18.1. The summed E-state index contributed by atoms with van der Waals surface area (Å²) in [5.41, 5.74) is 0.838. The molecule has 1 heterocycles. The van der Waals surface area contributed by atoms with Crippen LogP contribution in [0.25, 0.3) is 11.4 Å². The summed E-state index contributed by atoms with van der Waals surface area (Å²) in [6, 6.07) is 6.11. The summed E-state index contributed by atoms with van der Waals surface area (Å²) < 4.78 is 2.82. The van der Waals surface area contributed by atoms with E-state index in [2.05, 4.69) is 26.1 Å². The molecule has 0 radical (unpaired) electrons. The van der Waals surface area contributed by atoms with Gasteiger partial charge in [0.2, 0.25) is 0 Å². The van der Waals surface area contributed by atoms with Gasteiger partial charge in [0, 0.05) is 16.1 Å². The van der Waals surface area contributed by atoms with Gasteiger partial charge in [-0.15, -0.1) is 10.2 Å². The van der Waals surface area contributed by atoms with Crippen molar-refractivity contribution in [3.63, 3.8) is 0 Å². The van der Waals surface area contributed by atoms with Crippen molar-refractivity contribution in [3.05, 3.63) is 33.5 Å². The number of aromatic nitrogens is 3. The van der Waals surface area contributed by atoms with Gasteiger partial charge in [-0.2, -0.15) is 0 Å². The third kappa shape index (κ3) is 1.96. The van der Waals surface area contributed by atoms with Crippen LogP contribution in [0.2, 0.25) is 5.02 Å². The first kappa shape index (κ1) is 12.1. The highest BCUT2D eigenvalue weighted by Crippen LogP contribution is 2.41. The predicted molar refractivity (Wildman–Crippen MR) is 72.4 cm³/mol. The zero-order valence-electron chi connectivity index (χ0n) is 9.48. The van der Waals surface area contributed by atoms with Gasteiger partial charge in [0.05, 0.1) is 5.02 Å². The molecule has 0 bridgehead atoms. The van der Waals surface area contributed by atoms with Crippen molar-refractivity contribution in [2.75, 3.05) is 0 Å². The van der Waals surface area contributed by atoms with Crippen molar-refractivity contribution in [3.8, 4) is 11.4 Å². The summed E-state index contributed by atoms with van der Waals surface area (Å²) in [5.74, 6) is 1.33. The Morgan fingerprint density at radius 3 is 2.83 bits per heavy atom. The molecule has 18 heavy (non-hydrogen) atoms. The van der Waals surface area contributed by atoms with Crippen molar-refractivity contribution in [1.29, 1.82) is 0 Å². The molecule has 94 valence electrons. The summed E-state index contributed by atoms with van der Waals surface area (Å²) in [4.78, 5) is 0. The fourth-order valence-corrected chi connectivity index (χ4v) is 2.58. The number of aliphatic hydroxyl groups is 1. The molecule has 1 saturated carbocycles. The molecule has 1 N–H and O–H groups in total. The fraction of sp³-hybridized carbons (Fsp3) is 0.333. The molecule has 1 aliphatic carbocycles. The minimum Gasteiger partial charge on any atom is -0.388 e. The first-order valence-electron chi connectivity index (χ1n) is 5.71. The van der Waals surface area contributed by atoms with Gasteiger partial charge in [0.1, 0.15) is 6.61 Å². The van der Waals surface area contributed by atoms with E-state index >= 15 is 0 Å². The maximum absolute atomic E-state index is 9.31. The summed E-state index contributed by atoms with van der Waals surface area (Å²) in [6.07, 6.45) is 2.20. The number of hydrogen-bond acceptors (Lipinski definition) is 3. The topological polar surface area (TPSA) is 50.9 Å². The van der Waals surface area contributed by atoms with E-state index in [1.54, 1.807) is 0 Å². The summed E-state index contributed by atoms with van der Waals surface area (Å²) >= 11 is 9.69. The zero-order valence-corrected chi connectivity index (χ0v) is 11.8. The molecule has 0 amide bonds. The Morgan fingerprint density at radius 1 is 1.39 bits per heavy atom. The normalized spacial score (nSPS) is 15.1. The van der Waals surface area contributed by atoms with Gasteiger partial charge < -0.3 is 9.67 Å². The lowest BCUT2D eigenvalue weighted by molar-refractivity contribution is 0.265. The first-order valence-corrected chi connectivity index (χ1v) is 6.88. The van der Waals surface area contributed by atoms with Crippen molar-refractivity contribution in [2.45, 2.75) is 25.5 Å². The van der Waals surface area contributed by atoms with E-state index in [4.69, 9.17) is 11.6 Å². The minimum atomic E-state index is -0.102. The Bertz CT molecular complexity index is 595. The Kier molecular flexibility index (Phi) is 3.13. The van der Waals surface area contributed by atoms with Crippen LogP contribution < -0.4 is 0 Å². The van der Waals surface area contributed by atoms with Gasteiger partial charge in [0.25, 0.3) is 0 Å². The van der Waals surface area contributed by atoms with E-state index in [1.165, 1.54) is 0 Å². The van der Waals surface area contributed by atoms with Gasteiger partial charge >= 0.3 is 0 Å². The lowest BCUT2D eigenvalue weighted by atomic mass is 10.2. The van der Waals surface area contributed by atoms with Crippen LogP contribution in [-0.2, 0) is 6.61 Å². The molecule has 2 aromatic rings. The number of halogens is 2. The number of benzene rings is 1. The predicted octanol–water partition coefficient (Wildman–Crippen LogP) is 3.19. The molecule has 3 rings (SSSR count). The lowest BCUT2D eigenvalue weighted by Crippen LogP contribution is -2.03. The van der Waals surface area contributed by atoms with E-state index in [0.29, 0.717) is 16.9 Å². The van der Waals surface area contributed by atoms with E-state index in [0.717, 1.165) is 28.7 Å². The maximum Gasteiger partial charge on any atom is 0.165 e. The second-order valence-electron chi connectivity index (χ2n) is 4.30. The van der Waals surface area contributed by atoms with Crippen LogP contribution in [0.4, 0.5) is 0 Å². The SMILES string of the molecule is OCc1nnc(-c2cccc(Br)c2Cl)n1C1CC1. The molecule has 1 aromatic heterocycles. The van der Waals surface area contributed by atoms with Crippen LogP contribution in [0.5, 0.6) is 0 Å². The van der Waals surface area contributed by atoms with Crippen molar-refractivity contribution >= 4 is 27.5 Å². The van der Waals surface area contributed by atoms with Crippen LogP contribution in [-0.4, -0.2) is 19.9 Å². The van der Waals surface area contributed by atoms with Crippen molar-refractivity contribution < 1.29 is 5.11 Å². The van der Waals surface area contributed by atoms with Crippen LogP contribution in [0.1, 0.15) is 24.7 Å². The fourth-order valence-electron chi connectivity index (χ4n) is 2.01. The van der Waals surface area contributed by atoms with Gasteiger partial charge in [-0.25, -0.2) is 0 Å². The van der Waals surface area contributed by atoms with Crippen LogP contribution in [0.3, 0.4) is 0 Å². The molecule has 0 atom stereocenters. The standard InChI is InChI=1S/C12H11BrClN3O/c13-9-3-1-2-8(11(9)14)12-16-15-10(6-18)17(12)7-4-5-7/h1-3,7,18H,4-6H2. The quantitative estimate of drug-likeness (QED) is 0.941. The minimum absolute atomic E-state index is 0.102. The largest absolute Gasteiger partial charge is 0.388 e. The third-order valence-electron chi connectivity index (χ3n) is 3.01. The van der Waals surface area contributed by atoms with Crippen LogP contribution >= 0.6 is 27.5 Å². The highest BCUT2D eigenvalue weighted by atomic mass is 79.9. The summed E-state index contributed by atoms with van der Waals surface area (Å²) in [7, 11) is 0. The van der Waals surface area contributed by atoms with E-state index in [1.807, 2.05) is 22.8 Å². The lowest BCUT2D eigenvalue weighted by Gasteiger charge is -2.09. The zero-order chi connectivity index (χ0) is 12.7. The Morgan fingerprint density at radius 2 is 2.17 bits per heavy atom. The Hall–Kier alpha value is -0.910. The molecule has 1 fully saturated rings. The molecule has 0 aliphatic heterocycles. The second kappa shape index (κ2) is 4.64. The first-order chi connectivity index (χ1) is 8.72. The molecule has 4 nitrogen and oxygen atoms in total. The van der Waals surface area contributed by atoms with Gasteiger partial charge in [-0.1, -0.05) is 17.7 Å². The summed E-state index contributed by atoms with van der Waals surface area (Å²) in [6.45, 7) is -0.102. The highest BCUT2D eigenvalue weighted by Gasteiger charge is 2.30. The van der Waals surface area contributed by atoms with Gasteiger partial charge in [-0.05, 0) is 40.9 Å². The Balaban J connectivity index is 2.17. The smallest absolute Gasteiger partial charge is 0.165 e. The molecular weight excluding hydrogens is 318 g/mol. The second-order valence-corrected chi connectivity index (χ2v) is 5.53. The maximum atomic E-state index is 9.31. The Labute approximate surface area is 118 Å². The van der Waals surface area contributed by atoms with E-state index in [-0.39, 0.29) is 6.61 Å². The molecule has 0 spiro atoms. The molecule has 1 aliphatic rings. The van der Waals surface area contributed by atoms with E-state index in [9.17, 15) is 5.11 Å². The van der Waals surface area contributed by atoms with Crippen LogP contribution in [0, 0.1) is 0 Å². The average molecular weight is 329 g/mol. The van der Waals surface area contributed by atoms with Gasteiger partial charge in [0.15, 0.2) is 11.6 Å². The number of aliphatic hydroxyl groups excluding tert-OH is 1. The third-order valence-corrected chi connectivity index (χ3v) is 4.31. The van der Waals surface area contributed by atoms with E-state index < -0.39 is 0 Å². The van der Waals surface area contributed by atoms with Crippen molar-refractivity contribution in [2.24, 2.45) is 0 Å². The number of hydrogen-bond donors (Lipinski definition) is 1. The molecule has 0 saturated heterocycles. The number of nitrogens with zero attached hydrogens (tertiary/aromatic N) is 3. The monoisotopic (exact) mass is 327 g/mol. The molecule has 1 aromatic carbocycles. The molecule has 6 heteroatoms.